The first-order chi connectivity index (χ1) is 11.4. The summed E-state index contributed by atoms with van der Waals surface area (Å²) in [7, 11) is 0. The minimum Gasteiger partial charge on any atom is -0.487 e. The van der Waals surface area contributed by atoms with E-state index in [1.165, 1.54) is 6.07 Å². The number of benzene rings is 1. The van der Waals surface area contributed by atoms with Crippen molar-refractivity contribution in [2.75, 3.05) is 26.3 Å². The molecule has 1 unspecified atom stereocenters. The fraction of sp³-hybridized carbons (Fsp3) is 0.647. The third kappa shape index (κ3) is 3.67. The van der Waals surface area contributed by atoms with Crippen molar-refractivity contribution in [1.82, 2.24) is 4.90 Å². The van der Waals surface area contributed by atoms with Crippen LogP contribution in [0.1, 0.15) is 24.5 Å². The minimum atomic E-state index is -4.52. The van der Waals surface area contributed by atoms with Gasteiger partial charge in [0.2, 0.25) is 0 Å². The van der Waals surface area contributed by atoms with Gasteiger partial charge < -0.3 is 9.47 Å². The SMILES string of the molecule is CCc1ccc(OC2CCN(C3COC3)C[C@H]2F)c(C(F)(F)F)c1. The van der Waals surface area contributed by atoms with Crippen LogP contribution in [0.25, 0.3) is 0 Å². The zero-order chi connectivity index (χ0) is 17.3. The number of likely N-dealkylation sites (tertiary alicyclic amines) is 1. The van der Waals surface area contributed by atoms with Crippen LogP contribution < -0.4 is 4.74 Å². The number of alkyl halides is 4. The second kappa shape index (κ2) is 6.88. The van der Waals surface area contributed by atoms with Gasteiger partial charge in [0, 0.05) is 13.1 Å². The van der Waals surface area contributed by atoms with E-state index in [9.17, 15) is 17.6 Å². The highest BCUT2D eigenvalue weighted by Gasteiger charge is 2.39. The molecule has 0 saturated carbocycles. The molecular formula is C17H21F4NO2. The van der Waals surface area contributed by atoms with Gasteiger partial charge in [-0.3, -0.25) is 4.90 Å². The lowest BCUT2D eigenvalue weighted by Gasteiger charge is -2.42. The molecule has 3 rings (SSSR count). The average Bonchev–Trinajstić information content (AvgIpc) is 2.47. The summed E-state index contributed by atoms with van der Waals surface area (Å²) in [6, 6.07) is 4.21. The molecule has 2 atom stereocenters. The normalized spacial score (nSPS) is 26.2. The third-order valence-electron chi connectivity index (χ3n) is 4.69. The van der Waals surface area contributed by atoms with Crippen molar-refractivity contribution in [1.29, 1.82) is 0 Å². The van der Waals surface area contributed by atoms with Gasteiger partial charge in [-0.1, -0.05) is 13.0 Å². The van der Waals surface area contributed by atoms with Gasteiger partial charge in [-0.15, -0.1) is 0 Å². The van der Waals surface area contributed by atoms with Crippen molar-refractivity contribution in [2.45, 2.75) is 44.3 Å². The number of halogens is 4. The Morgan fingerprint density at radius 2 is 2.04 bits per heavy atom. The molecule has 0 spiro atoms. The molecule has 0 N–H and O–H groups in total. The van der Waals surface area contributed by atoms with Gasteiger partial charge in [0.05, 0.1) is 24.8 Å². The van der Waals surface area contributed by atoms with Crippen molar-refractivity contribution in [2.24, 2.45) is 0 Å². The van der Waals surface area contributed by atoms with Crippen LogP contribution in [-0.4, -0.2) is 49.5 Å². The Bertz CT molecular complexity index is 574. The van der Waals surface area contributed by atoms with Crippen LogP contribution in [0, 0.1) is 0 Å². The number of hydrogen-bond acceptors (Lipinski definition) is 3. The molecule has 1 aromatic carbocycles. The van der Waals surface area contributed by atoms with E-state index in [-0.39, 0.29) is 18.3 Å². The molecule has 2 aliphatic heterocycles. The fourth-order valence-electron chi connectivity index (χ4n) is 3.09. The Balaban J connectivity index is 1.71. The fourth-order valence-corrected chi connectivity index (χ4v) is 3.09. The monoisotopic (exact) mass is 347 g/mol. The average molecular weight is 347 g/mol. The van der Waals surface area contributed by atoms with Crippen molar-refractivity contribution >= 4 is 0 Å². The lowest BCUT2D eigenvalue weighted by atomic mass is 10.0. The quantitative estimate of drug-likeness (QED) is 0.779. The van der Waals surface area contributed by atoms with E-state index in [1.807, 2.05) is 4.90 Å². The van der Waals surface area contributed by atoms with Crippen LogP contribution in [0.4, 0.5) is 17.6 Å². The molecule has 134 valence electrons. The molecule has 7 heteroatoms. The molecular weight excluding hydrogens is 326 g/mol. The number of aryl methyl sites for hydroxylation is 1. The van der Waals surface area contributed by atoms with E-state index < -0.39 is 24.0 Å². The highest BCUT2D eigenvalue weighted by Crippen LogP contribution is 2.38. The molecule has 0 amide bonds. The zero-order valence-corrected chi connectivity index (χ0v) is 13.5. The summed E-state index contributed by atoms with van der Waals surface area (Å²) < 4.78 is 64.7. The molecule has 2 aliphatic rings. The third-order valence-corrected chi connectivity index (χ3v) is 4.69. The molecule has 0 aliphatic carbocycles. The van der Waals surface area contributed by atoms with Crippen molar-refractivity contribution in [3.8, 4) is 5.75 Å². The van der Waals surface area contributed by atoms with Crippen LogP contribution in [-0.2, 0) is 17.3 Å². The van der Waals surface area contributed by atoms with Gasteiger partial charge >= 0.3 is 6.18 Å². The highest BCUT2D eigenvalue weighted by molar-refractivity contribution is 5.39. The second-order valence-electron chi connectivity index (χ2n) is 6.33. The van der Waals surface area contributed by atoms with Crippen LogP contribution in [0.5, 0.6) is 5.75 Å². The second-order valence-corrected chi connectivity index (χ2v) is 6.33. The van der Waals surface area contributed by atoms with E-state index in [0.717, 1.165) is 6.07 Å². The molecule has 0 bridgehead atoms. The smallest absolute Gasteiger partial charge is 0.419 e. The number of piperidine rings is 1. The number of hydrogen-bond donors (Lipinski definition) is 0. The summed E-state index contributed by atoms with van der Waals surface area (Å²) in [6.07, 6.45) is -5.82. The highest BCUT2D eigenvalue weighted by atomic mass is 19.4. The number of rotatable bonds is 4. The van der Waals surface area contributed by atoms with Crippen molar-refractivity contribution < 1.29 is 27.0 Å². The maximum absolute atomic E-state index is 14.4. The van der Waals surface area contributed by atoms with Gasteiger partial charge in [0.25, 0.3) is 0 Å². The summed E-state index contributed by atoms with van der Waals surface area (Å²) in [5.74, 6) is -0.284. The summed E-state index contributed by atoms with van der Waals surface area (Å²) in [4.78, 5) is 1.98. The molecule has 3 nitrogen and oxygen atoms in total. The minimum absolute atomic E-state index is 0.174. The molecule has 2 fully saturated rings. The van der Waals surface area contributed by atoms with Crippen LogP contribution >= 0.6 is 0 Å². The predicted molar refractivity (Wildman–Crippen MR) is 80.9 cm³/mol. The first-order valence-corrected chi connectivity index (χ1v) is 8.21. The topological polar surface area (TPSA) is 21.7 Å². The molecule has 2 heterocycles. The Morgan fingerprint density at radius 3 is 2.58 bits per heavy atom. The first kappa shape index (κ1) is 17.5. The maximum atomic E-state index is 14.4. The number of ether oxygens (including phenoxy) is 2. The van der Waals surface area contributed by atoms with E-state index in [4.69, 9.17) is 9.47 Å². The Kier molecular flexibility index (Phi) is 5.01. The largest absolute Gasteiger partial charge is 0.487 e. The van der Waals surface area contributed by atoms with Crippen molar-refractivity contribution in [3.05, 3.63) is 29.3 Å². The summed E-state index contributed by atoms with van der Waals surface area (Å²) in [5.41, 5.74) is -0.254. The Hall–Kier alpha value is -1.34. The van der Waals surface area contributed by atoms with Gasteiger partial charge in [-0.05, 0) is 30.5 Å². The van der Waals surface area contributed by atoms with Crippen LogP contribution in [0.3, 0.4) is 0 Å². The Labute approximate surface area is 138 Å². The summed E-state index contributed by atoms with van der Waals surface area (Å²) in [5, 5.41) is 0. The van der Waals surface area contributed by atoms with Crippen LogP contribution in [0.15, 0.2) is 18.2 Å². The number of nitrogens with zero attached hydrogens (tertiary/aromatic N) is 1. The summed E-state index contributed by atoms with van der Waals surface area (Å²) >= 11 is 0. The molecule has 0 aromatic heterocycles. The predicted octanol–water partition coefficient (Wildman–Crippen LogP) is 3.46. The zero-order valence-electron chi connectivity index (χ0n) is 13.5. The van der Waals surface area contributed by atoms with Gasteiger partial charge in [0.1, 0.15) is 18.0 Å². The van der Waals surface area contributed by atoms with Crippen molar-refractivity contribution in [3.63, 3.8) is 0 Å². The van der Waals surface area contributed by atoms with Gasteiger partial charge in [0.15, 0.2) is 0 Å². The van der Waals surface area contributed by atoms with E-state index >= 15 is 0 Å². The first-order valence-electron chi connectivity index (χ1n) is 8.21. The van der Waals surface area contributed by atoms with E-state index in [1.54, 1.807) is 13.0 Å². The summed E-state index contributed by atoms with van der Waals surface area (Å²) in [6.45, 7) is 3.75. The maximum Gasteiger partial charge on any atom is 0.419 e. The van der Waals surface area contributed by atoms with Gasteiger partial charge in [-0.2, -0.15) is 13.2 Å². The molecule has 2 saturated heterocycles. The lowest BCUT2D eigenvalue weighted by Crippen LogP contribution is -2.56. The molecule has 24 heavy (non-hydrogen) atoms. The van der Waals surface area contributed by atoms with E-state index in [0.29, 0.717) is 38.2 Å². The lowest BCUT2D eigenvalue weighted by molar-refractivity contribution is -0.140. The van der Waals surface area contributed by atoms with Crippen LogP contribution in [0.2, 0.25) is 0 Å². The van der Waals surface area contributed by atoms with Gasteiger partial charge in [-0.25, -0.2) is 4.39 Å². The molecule has 0 radical (unpaired) electrons. The molecule has 1 aromatic rings. The standard InChI is InChI=1S/C17H21F4NO2/c1-2-11-3-4-15(13(7-11)17(19,20)21)24-16-5-6-22(8-14(16)18)12-9-23-10-12/h3-4,7,12,14,16H,2,5-6,8-10H2,1H3/t14-,16?/m1/s1. The Morgan fingerprint density at radius 1 is 1.29 bits per heavy atom. The van der Waals surface area contributed by atoms with E-state index in [2.05, 4.69) is 0 Å².